The number of aryl methyl sites for hydroxylation is 2. The van der Waals surface area contributed by atoms with Gasteiger partial charge in [-0.1, -0.05) is 0 Å². The Morgan fingerprint density at radius 2 is 2.29 bits per heavy atom. The SMILES string of the molecule is CNCC(O)c1cc2c(s1)CCCC2. The zero-order valence-corrected chi connectivity index (χ0v) is 9.36. The second-order valence-corrected chi connectivity index (χ2v) is 5.05. The zero-order chi connectivity index (χ0) is 9.97. The summed E-state index contributed by atoms with van der Waals surface area (Å²) in [5.74, 6) is 0. The summed E-state index contributed by atoms with van der Waals surface area (Å²) in [4.78, 5) is 2.63. The molecule has 1 aromatic heterocycles. The summed E-state index contributed by atoms with van der Waals surface area (Å²) in [6.07, 6.45) is 4.72. The molecule has 1 aromatic rings. The summed E-state index contributed by atoms with van der Waals surface area (Å²) in [5, 5.41) is 12.8. The lowest BCUT2D eigenvalue weighted by Crippen LogP contribution is -2.15. The van der Waals surface area contributed by atoms with Crippen LogP contribution in [0.4, 0.5) is 0 Å². The van der Waals surface area contributed by atoms with E-state index in [2.05, 4.69) is 11.4 Å². The molecule has 2 rings (SSSR count). The van der Waals surface area contributed by atoms with E-state index < -0.39 is 0 Å². The van der Waals surface area contributed by atoms with Gasteiger partial charge in [0.15, 0.2) is 0 Å². The molecule has 3 heteroatoms. The van der Waals surface area contributed by atoms with Gasteiger partial charge in [-0.25, -0.2) is 0 Å². The molecule has 0 saturated carbocycles. The van der Waals surface area contributed by atoms with Gasteiger partial charge in [-0.05, 0) is 44.4 Å². The fourth-order valence-corrected chi connectivity index (χ4v) is 3.22. The van der Waals surface area contributed by atoms with Crippen LogP contribution in [0.5, 0.6) is 0 Å². The minimum Gasteiger partial charge on any atom is -0.386 e. The van der Waals surface area contributed by atoms with E-state index in [0.717, 1.165) is 4.88 Å². The molecule has 0 fully saturated rings. The van der Waals surface area contributed by atoms with E-state index >= 15 is 0 Å². The maximum Gasteiger partial charge on any atom is 0.101 e. The summed E-state index contributed by atoms with van der Waals surface area (Å²) in [6.45, 7) is 0.652. The Morgan fingerprint density at radius 3 is 3.00 bits per heavy atom. The maximum atomic E-state index is 9.82. The van der Waals surface area contributed by atoms with Crippen molar-refractivity contribution in [1.29, 1.82) is 0 Å². The van der Waals surface area contributed by atoms with Gasteiger partial charge in [0, 0.05) is 16.3 Å². The van der Waals surface area contributed by atoms with Crippen LogP contribution in [0.2, 0.25) is 0 Å². The van der Waals surface area contributed by atoms with Gasteiger partial charge in [-0.15, -0.1) is 11.3 Å². The van der Waals surface area contributed by atoms with E-state index in [1.807, 2.05) is 7.05 Å². The van der Waals surface area contributed by atoms with E-state index in [1.54, 1.807) is 11.3 Å². The Labute approximate surface area is 89.0 Å². The molecule has 0 amide bonds. The van der Waals surface area contributed by atoms with Crippen molar-refractivity contribution in [2.24, 2.45) is 0 Å². The molecule has 1 aliphatic carbocycles. The third-order valence-corrected chi connectivity index (χ3v) is 4.08. The minimum absolute atomic E-state index is 0.324. The number of likely N-dealkylation sites (N-methyl/N-ethyl adjacent to an activating group) is 1. The average molecular weight is 211 g/mol. The average Bonchev–Trinajstić information content (AvgIpc) is 2.61. The van der Waals surface area contributed by atoms with Gasteiger partial charge in [0.1, 0.15) is 6.10 Å². The van der Waals surface area contributed by atoms with Crippen LogP contribution in [0.15, 0.2) is 6.07 Å². The number of aliphatic hydroxyl groups excluding tert-OH is 1. The van der Waals surface area contributed by atoms with Crippen molar-refractivity contribution < 1.29 is 5.11 Å². The predicted octanol–water partition coefficient (Wildman–Crippen LogP) is 1.88. The molecule has 2 nitrogen and oxygen atoms in total. The van der Waals surface area contributed by atoms with Crippen molar-refractivity contribution in [3.05, 3.63) is 21.4 Å². The van der Waals surface area contributed by atoms with Crippen molar-refractivity contribution in [2.45, 2.75) is 31.8 Å². The quantitative estimate of drug-likeness (QED) is 0.800. The fourth-order valence-electron chi connectivity index (χ4n) is 1.97. The van der Waals surface area contributed by atoms with Crippen LogP contribution in [-0.2, 0) is 12.8 Å². The summed E-state index contributed by atoms with van der Waals surface area (Å²) in [6, 6.07) is 2.20. The van der Waals surface area contributed by atoms with Crippen LogP contribution >= 0.6 is 11.3 Å². The van der Waals surface area contributed by atoms with Crippen molar-refractivity contribution in [3.8, 4) is 0 Å². The smallest absolute Gasteiger partial charge is 0.101 e. The van der Waals surface area contributed by atoms with Gasteiger partial charge >= 0.3 is 0 Å². The van der Waals surface area contributed by atoms with E-state index in [-0.39, 0.29) is 6.10 Å². The van der Waals surface area contributed by atoms with Crippen LogP contribution in [-0.4, -0.2) is 18.7 Å². The highest BCUT2D eigenvalue weighted by Crippen LogP contribution is 2.32. The monoisotopic (exact) mass is 211 g/mol. The lowest BCUT2D eigenvalue weighted by molar-refractivity contribution is 0.181. The predicted molar refractivity (Wildman–Crippen MR) is 59.8 cm³/mol. The van der Waals surface area contributed by atoms with Gasteiger partial charge in [0.25, 0.3) is 0 Å². The summed E-state index contributed by atoms with van der Waals surface area (Å²) in [5.41, 5.74) is 1.48. The van der Waals surface area contributed by atoms with Crippen molar-refractivity contribution >= 4 is 11.3 Å². The lowest BCUT2D eigenvalue weighted by atomic mass is 9.99. The van der Waals surface area contributed by atoms with Crippen LogP contribution in [0.25, 0.3) is 0 Å². The van der Waals surface area contributed by atoms with Crippen molar-refractivity contribution in [1.82, 2.24) is 5.32 Å². The molecule has 0 saturated heterocycles. The van der Waals surface area contributed by atoms with E-state index in [9.17, 15) is 5.11 Å². The Bertz CT molecular complexity index is 285. The van der Waals surface area contributed by atoms with Crippen LogP contribution in [0.1, 0.15) is 34.3 Å². The first kappa shape index (κ1) is 10.1. The molecule has 0 radical (unpaired) electrons. The normalized spacial score (nSPS) is 17.9. The Balaban J connectivity index is 2.15. The molecule has 1 aliphatic rings. The first-order chi connectivity index (χ1) is 6.81. The number of fused-ring (bicyclic) bond motifs is 1. The number of nitrogens with one attached hydrogen (secondary N) is 1. The maximum absolute atomic E-state index is 9.82. The first-order valence-corrected chi connectivity index (χ1v) is 6.07. The molecule has 0 bridgehead atoms. The topological polar surface area (TPSA) is 32.3 Å². The third-order valence-electron chi connectivity index (χ3n) is 2.74. The summed E-state index contributed by atoms with van der Waals surface area (Å²) in [7, 11) is 1.87. The molecule has 0 aliphatic heterocycles. The molecule has 14 heavy (non-hydrogen) atoms. The first-order valence-electron chi connectivity index (χ1n) is 5.25. The van der Waals surface area contributed by atoms with Crippen LogP contribution in [0.3, 0.4) is 0 Å². The van der Waals surface area contributed by atoms with Crippen molar-refractivity contribution in [2.75, 3.05) is 13.6 Å². The van der Waals surface area contributed by atoms with Gasteiger partial charge in [-0.2, -0.15) is 0 Å². The Kier molecular flexibility index (Phi) is 3.21. The number of hydrogen-bond acceptors (Lipinski definition) is 3. The molecular weight excluding hydrogens is 194 g/mol. The van der Waals surface area contributed by atoms with Gasteiger partial charge in [0.2, 0.25) is 0 Å². The largest absolute Gasteiger partial charge is 0.386 e. The summed E-state index contributed by atoms with van der Waals surface area (Å²) < 4.78 is 0. The highest BCUT2D eigenvalue weighted by molar-refractivity contribution is 7.12. The van der Waals surface area contributed by atoms with E-state index in [0.29, 0.717) is 6.54 Å². The Hall–Kier alpha value is -0.380. The fraction of sp³-hybridized carbons (Fsp3) is 0.636. The molecule has 0 aromatic carbocycles. The second kappa shape index (κ2) is 4.43. The second-order valence-electron chi connectivity index (χ2n) is 3.88. The lowest BCUT2D eigenvalue weighted by Gasteiger charge is -2.08. The highest BCUT2D eigenvalue weighted by Gasteiger charge is 2.16. The summed E-state index contributed by atoms with van der Waals surface area (Å²) >= 11 is 1.79. The van der Waals surface area contributed by atoms with Crippen molar-refractivity contribution in [3.63, 3.8) is 0 Å². The molecule has 1 atom stereocenters. The minimum atomic E-state index is -0.324. The van der Waals surface area contributed by atoms with Gasteiger partial charge in [0.05, 0.1) is 0 Å². The van der Waals surface area contributed by atoms with E-state index in [1.165, 1.54) is 36.1 Å². The third kappa shape index (κ3) is 2.00. The zero-order valence-electron chi connectivity index (χ0n) is 8.55. The standard InChI is InChI=1S/C11H17NOS/c1-12-7-9(13)11-6-8-4-2-3-5-10(8)14-11/h6,9,12-13H,2-5,7H2,1H3. The Morgan fingerprint density at radius 1 is 1.50 bits per heavy atom. The van der Waals surface area contributed by atoms with Gasteiger partial charge < -0.3 is 10.4 Å². The molecule has 78 valence electrons. The molecule has 1 unspecified atom stereocenters. The van der Waals surface area contributed by atoms with Gasteiger partial charge in [-0.3, -0.25) is 0 Å². The number of aliphatic hydroxyl groups is 1. The molecule has 1 heterocycles. The number of hydrogen-bond donors (Lipinski definition) is 2. The number of rotatable bonds is 3. The van der Waals surface area contributed by atoms with Crippen LogP contribution < -0.4 is 5.32 Å². The molecule has 2 N–H and O–H groups in total. The molecule has 0 spiro atoms. The van der Waals surface area contributed by atoms with Crippen LogP contribution in [0, 0.1) is 0 Å². The molecular formula is C11H17NOS. The highest BCUT2D eigenvalue weighted by atomic mass is 32.1. The number of thiophene rings is 1. The van der Waals surface area contributed by atoms with E-state index in [4.69, 9.17) is 0 Å².